The van der Waals surface area contributed by atoms with E-state index >= 15 is 0 Å². The molecule has 0 aliphatic carbocycles. The molecule has 1 aliphatic heterocycles. The molecule has 1 saturated heterocycles. The quantitative estimate of drug-likeness (QED) is 0.743. The van der Waals surface area contributed by atoms with Gasteiger partial charge in [-0.1, -0.05) is 11.6 Å². The summed E-state index contributed by atoms with van der Waals surface area (Å²) >= 11 is 5.74. The number of aromatic nitrogens is 1. The fourth-order valence-corrected chi connectivity index (χ4v) is 2.61. The van der Waals surface area contributed by atoms with Crippen molar-refractivity contribution in [1.29, 1.82) is 0 Å². The molecule has 0 spiro atoms. The van der Waals surface area contributed by atoms with E-state index in [9.17, 15) is 8.42 Å². The van der Waals surface area contributed by atoms with Crippen LogP contribution in [0.3, 0.4) is 0 Å². The highest BCUT2D eigenvalue weighted by Gasteiger charge is 2.17. The predicted octanol–water partition coefficient (Wildman–Crippen LogP) is -0.250. The molecule has 2 heterocycles. The molecule has 1 fully saturated rings. The lowest BCUT2D eigenvalue weighted by Gasteiger charge is -2.23. The molecule has 0 saturated carbocycles. The zero-order valence-corrected chi connectivity index (χ0v) is 11.6. The van der Waals surface area contributed by atoms with Crippen LogP contribution < -0.4 is 15.2 Å². The SMILES string of the molecule is NS(=O)(=O)c1ccc(OC[C@@H]2CNCCO2)nc1Cl. The van der Waals surface area contributed by atoms with Crippen molar-refractivity contribution in [2.45, 2.75) is 11.0 Å². The lowest BCUT2D eigenvalue weighted by atomic mass is 10.3. The number of ether oxygens (including phenoxy) is 2. The van der Waals surface area contributed by atoms with Crippen molar-refractivity contribution in [1.82, 2.24) is 10.3 Å². The summed E-state index contributed by atoms with van der Waals surface area (Å²) in [7, 11) is -3.87. The number of hydrogen-bond donors (Lipinski definition) is 2. The van der Waals surface area contributed by atoms with Gasteiger partial charge in [0.15, 0.2) is 5.15 Å². The van der Waals surface area contributed by atoms with Crippen molar-refractivity contribution in [2.24, 2.45) is 5.14 Å². The van der Waals surface area contributed by atoms with Crippen molar-refractivity contribution >= 4 is 21.6 Å². The van der Waals surface area contributed by atoms with E-state index in [-0.39, 0.29) is 22.0 Å². The van der Waals surface area contributed by atoms with E-state index in [2.05, 4.69) is 10.3 Å². The summed E-state index contributed by atoms with van der Waals surface area (Å²) in [6.45, 7) is 2.46. The highest BCUT2D eigenvalue weighted by molar-refractivity contribution is 7.89. The number of sulfonamides is 1. The Morgan fingerprint density at radius 2 is 2.37 bits per heavy atom. The Kier molecular flexibility index (Phi) is 4.58. The molecule has 106 valence electrons. The number of nitrogens with two attached hydrogens (primary N) is 1. The molecule has 7 nitrogen and oxygen atoms in total. The lowest BCUT2D eigenvalue weighted by molar-refractivity contribution is -0.000755. The number of rotatable bonds is 4. The van der Waals surface area contributed by atoms with E-state index in [0.29, 0.717) is 19.8 Å². The minimum atomic E-state index is -3.87. The van der Waals surface area contributed by atoms with Crippen molar-refractivity contribution in [3.8, 4) is 5.88 Å². The first-order valence-electron chi connectivity index (χ1n) is 5.61. The largest absolute Gasteiger partial charge is 0.475 e. The minimum Gasteiger partial charge on any atom is -0.475 e. The second-order valence-corrected chi connectivity index (χ2v) is 5.88. The molecule has 19 heavy (non-hydrogen) atoms. The Labute approximate surface area is 116 Å². The lowest BCUT2D eigenvalue weighted by Crippen LogP contribution is -2.41. The molecule has 1 atom stereocenters. The fourth-order valence-electron chi connectivity index (χ4n) is 1.60. The number of morpholine rings is 1. The molecule has 9 heteroatoms. The average Bonchev–Trinajstić information content (AvgIpc) is 2.36. The summed E-state index contributed by atoms with van der Waals surface area (Å²) in [5.74, 6) is 0.228. The van der Waals surface area contributed by atoms with Crippen LogP contribution in [-0.4, -0.2) is 45.8 Å². The minimum absolute atomic E-state index is 0.0627. The highest BCUT2D eigenvalue weighted by Crippen LogP contribution is 2.21. The van der Waals surface area contributed by atoms with E-state index in [0.717, 1.165) is 6.54 Å². The van der Waals surface area contributed by atoms with Crippen LogP contribution in [0.2, 0.25) is 5.15 Å². The molecule has 2 rings (SSSR count). The summed E-state index contributed by atoms with van der Waals surface area (Å²) in [5.41, 5.74) is 0. The number of primary sulfonamides is 1. The first-order chi connectivity index (χ1) is 8.97. The van der Waals surface area contributed by atoms with Crippen LogP contribution in [0, 0.1) is 0 Å². The third-order valence-corrected chi connectivity index (χ3v) is 3.86. The van der Waals surface area contributed by atoms with Crippen LogP contribution in [-0.2, 0) is 14.8 Å². The van der Waals surface area contributed by atoms with Crippen LogP contribution in [0.15, 0.2) is 17.0 Å². The van der Waals surface area contributed by atoms with Gasteiger partial charge >= 0.3 is 0 Å². The molecule has 0 aromatic carbocycles. The van der Waals surface area contributed by atoms with Crippen molar-refractivity contribution < 1.29 is 17.9 Å². The summed E-state index contributed by atoms with van der Waals surface area (Å²) < 4.78 is 33.2. The highest BCUT2D eigenvalue weighted by atomic mass is 35.5. The molecular weight excluding hydrogens is 294 g/mol. The molecule has 0 amide bonds. The Balaban J connectivity index is 2.00. The number of nitrogens with zero attached hydrogens (tertiary/aromatic N) is 1. The first kappa shape index (κ1) is 14.5. The van der Waals surface area contributed by atoms with Gasteiger partial charge in [-0.05, 0) is 6.07 Å². The van der Waals surface area contributed by atoms with Gasteiger partial charge in [0.2, 0.25) is 15.9 Å². The number of nitrogens with one attached hydrogen (secondary N) is 1. The van der Waals surface area contributed by atoms with Crippen LogP contribution >= 0.6 is 11.6 Å². The Bertz CT molecular complexity index is 546. The molecule has 1 aromatic heterocycles. The monoisotopic (exact) mass is 307 g/mol. The molecule has 0 radical (unpaired) electrons. The second kappa shape index (κ2) is 6.02. The van der Waals surface area contributed by atoms with Gasteiger partial charge in [-0.15, -0.1) is 0 Å². The molecule has 1 aromatic rings. The third kappa shape index (κ3) is 4.02. The number of pyridine rings is 1. The van der Waals surface area contributed by atoms with Crippen LogP contribution in [0.1, 0.15) is 0 Å². The summed E-state index contributed by atoms with van der Waals surface area (Å²) in [6, 6.07) is 2.67. The van der Waals surface area contributed by atoms with E-state index in [1.54, 1.807) is 0 Å². The zero-order valence-electron chi connectivity index (χ0n) is 10.0. The maximum absolute atomic E-state index is 11.2. The van der Waals surface area contributed by atoms with Gasteiger partial charge in [0.25, 0.3) is 0 Å². The normalized spacial score (nSPS) is 20.2. The van der Waals surface area contributed by atoms with Gasteiger partial charge < -0.3 is 14.8 Å². The second-order valence-electron chi connectivity index (χ2n) is 3.99. The smallest absolute Gasteiger partial charge is 0.241 e. The number of halogens is 1. The van der Waals surface area contributed by atoms with Crippen LogP contribution in [0.4, 0.5) is 0 Å². The molecule has 1 aliphatic rings. The van der Waals surface area contributed by atoms with Crippen molar-refractivity contribution in [3.05, 3.63) is 17.3 Å². The van der Waals surface area contributed by atoms with E-state index in [1.807, 2.05) is 0 Å². The van der Waals surface area contributed by atoms with Crippen LogP contribution in [0.25, 0.3) is 0 Å². The zero-order chi connectivity index (χ0) is 13.9. The van der Waals surface area contributed by atoms with Gasteiger partial charge in [-0.25, -0.2) is 18.5 Å². The maximum Gasteiger partial charge on any atom is 0.241 e. The summed E-state index contributed by atoms with van der Waals surface area (Å²) in [4.78, 5) is 3.61. The number of hydrogen-bond acceptors (Lipinski definition) is 6. The molecule has 0 unspecified atom stereocenters. The Morgan fingerprint density at radius 1 is 1.58 bits per heavy atom. The van der Waals surface area contributed by atoms with Gasteiger partial charge in [-0.3, -0.25) is 0 Å². The summed E-state index contributed by atoms with van der Waals surface area (Å²) in [5, 5.41) is 7.94. The van der Waals surface area contributed by atoms with Gasteiger partial charge in [0.05, 0.1) is 6.61 Å². The van der Waals surface area contributed by atoms with Gasteiger partial charge in [0, 0.05) is 19.2 Å². The molecular formula is C10H14ClN3O4S. The molecule has 0 bridgehead atoms. The average molecular weight is 308 g/mol. The van der Waals surface area contributed by atoms with Gasteiger partial charge in [0.1, 0.15) is 17.6 Å². The standard InChI is InChI=1S/C10H14ClN3O4S/c11-10-8(19(12,15)16)1-2-9(14-10)18-6-7-5-13-3-4-17-7/h1-2,7,13H,3-6H2,(H2,12,15,16)/t7-/m0/s1. The Morgan fingerprint density at radius 3 is 2.95 bits per heavy atom. The van der Waals surface area contributed by atoms with Crippen molar-refractivity contribution in [2.75, 3.05) is 26.3 Å². The van der Waals surface area contributed by atoms with Gasteiger partial charge in [-0.2, -0.15) is 0 Å². The predicted molar refractivity (Wildman–Crippen MR) is 68.7 cm³/mol. The van der Waals surface area contributed by atoms with Crippen LogP contribution in [0.5, 0.6) is 5.88 Å². The van der Waals surface area contributed by atoms with E-state index in [1.165, 1.54) is 12.1 Å². The molecule has 3 N–H and O–H groups in total. The maximum atomic E-state index is 11.2. The fraction of sp³-hybridized carbons (Fsp3) is 0.500. The van der Waals surface area contributed by atoms with E-state index in [4.69, 9.17) is 26.2 Å². The van der Waals surface area contributed by atoms with E-state index < -0.39 is 10.0 Å². The topological polar surface area (TPSA) is 104 Å². The first-order valence-corrected chi connectivity index (χ1v) is 7.54. The Hall–Kier alpha value is -0.930. The third-order valence-electron chi connectivity index (χ3n) is 2.52. The summed E-state index contributed by atoms with van der Waals surface area (Å²) in [6.07, 6.45) is -0.0627. The van der Waals surface area contributed by atoms with Crippen molar-refractivity contribution in [3.63, 3.8) is 0 Å².